The van der Waals surface area contributed by atoms with Crippen LogP contribution in [0.5, 0.6) is 0 Å². The molecule has 0 radical (unpaired) electrons. The second kappa shape index (κ2) is 7.46. The molecule has 1 aliphatic rings. The van der Waals surface area contributed by atoms with E-state index in [1.54, 1.807) is 0 Å². The summed E-state index contributed by atoms with van der Waals surface area (Å²) < 4.78 is 3.79. The van der Waals surface area contributed by atoms with E-state index in [0.29, 0.717) is 11.1 Å². The van der Waals surface area contributed by atoms with Crippen LogP contribution in [0.2, 0.25) is 0 Å². The Balaban J connectivity index is 2.01. The summed E-state index contributed by atoms with van der Waals surface area (Å²) in [5, 5.41) is 4.83. The number of hydrogen-bond acceptors (Lipinski definition) is 2. The number of rotatable bonds is 4. The van der Waals surface area contributed by atoms with Crippen LogP contribution >= 0.6 is 0 Å². The van der Waals surface area contributed by atoms with Gasteiger partial charge in [-0.25, -0.2) is 0 Å². The van der Waals surface area contributed by atoms with Crippen molar-refractivity contribution < 1.29 is 4.79 Å². The maximum Gasteiger partial charge on any atom is 0.275 e. The lowest BCUT2D eigenvalue weighted by atomic mass is 9.95. The number of amides is 1. The zero-order valence-corrected chi connectivity index (χ0v) is 17.0. The summed E-state index contributed by atoms with van der Waals surface area (Å²) in [6.07, 6.45) is 8.20. The molecule has 1 fully saturated rings. The smallest absolute Gasteiger partial charge is 0.275 e. The van der Waals surface area contributed by atoms with Crippen LogP contribution < -0.4 is 10.9 Å². The van der Waals surface area contributed by atoms with Crippen LogP contribution in [0, 0.1) is 0 Å². The maximum absolute atomic E-state index is 13.5. The standard InChI is InChI=1S/C23H29N3O2/c1-4-15(2)24-22(27)18-14-26(16-10-6-5-7-11-16)23(28)21-20(18)17-12-8-9-13-19(17)25(21)3/h8-9,12-16H,4-7,10-11H2,1-3H3,(H,24,27). The van der Waals surface area contributed by atoms with Crippen molar-refractivity contribution in [3.05, 3.63) is 46.4 Å². The highest BCUT2D eigenvalue weighted by Crippen LogP contribution is 2.32. The summed E-state index contributed by atoms with van der Waals surface area (Å²) in [6, 6.07) is 8.22. The SMILES string of the molecule is CCC(C)NC(=O)c1cn(C2CCCCC2)c(=O)c2c1c1ccccc1n2C. The maximum atomic E-state index is 13.5. The number of pyridine rings is 1. The Kier molecular flexibility index (Phi) is 5.00. The second-order valence-corrected chi connectivity index (χ2v) is 8.13. The molecular formula is C23H29N3O2. The van der Waals surface area contributed by atoms with Crippen LogP contribution in [0.4, 0.5) is 0 Å². The number of fused-ring (bicyclic) bond motifs is 3. The normalized spacial score (nSPS) is 16.5. The van der Waals surface area contributed by atoms with E-state index in [9.17, 15) is 9.59 Å². The Bertz CT molecular complexity index is 1090. The van der Waals surface area contributed by atoms with E-state index in [1.807, 2.05) is 53.6 Å². The summed E-state index contributed by atoms with van der Waals surface area (Å²) in [6.45, 7) is 4.07. The van der Waals surface area contributed by atoms with Crippen molar-refractivity contribution in [1.29, 1.82) is 0 Å². The van der Waals surface area contributed by atoms with Gasteiger partial charge < -0.3 is 14.5 Å². The van der Waals surface area contributed by atoms with Crippen LogP contribution in [-0.2, 0) is 7.05 Å². The highest BCUT2D eigenvalue weighted by atomic mass is 16.2. The van der Waals surface area contributed by atoms with Crippen LogP contribution in [0.25, 0.3) is 21.8 Å². The number of para-hydroxylation sites is 1. The highest BCUT2D eigenvalue weighted by molar-refractivity contribution is 6.17. The first-order valence-electron chi connectivity index (χ1n) is 10.5. The number of nitrogens with one attached hydrogen (secondary N) is 1. The molecule has 1 unspecified atom stereocenters. The van der Waals surface area contributed by atoms with Gasteiger partial charge in [0.15, 0.2) is 0 Å². The molecule has 2 aromatic heterocycles. The number of aromatic nitrogens is 2. The molecule has 5 heteroatoms. The third-order valence-corrected chi connectivity index (χ3v) is 6.28. The number of carbonyl (C=O) groups is 1. The highest BCUT2D eigenvalue weighted by Gasteiger charge is 2.25. The quantitative estimate of drug-likeness (QED) is 0.724. The molecule has 1 aromatic carbocycles. The number of benzene rings is 1. The summed E-state index contributed by atoms with van der Waals surface area (Å²) in [4.78, 5) is 26.7. The summed E-state index contributed by atoms with van der Waals surface area (Å²) >= 11 is 0. The van der Waals surface area contributed by atoms with Crippen LogP contribution in [0.3, 0.4) is 0 Å². The molecular weight excluding hydrogens is 350 g/mol. The number of nitrogens with zero attached hydrogens (tertiary/aromatic N) is 2. The van der Waals surface area contributed by atoms with E-state index < -0.39 is 0 Å². The molecule has 28 heavy (non-hydrogen) atoms. The van der Waals surface area contributed by atoms with Crippen molar-refractivity contribution in [2.75, 3.05) is 0 Å². The number of hydrogen-bond donors (Lipinski definition) is 1. The lowest BCUT2D eigenvalue weighted by molar-refractivity contribution is 0.0940. The minimum Gasteiger partial charge on any atom is -0.350 e. The number of carbonyl (C=O) groups excluding carboxylic acids is 1. The van der Waals surface area contributed by atoms with E-state index in [-0.39, 0.29) is 23.6 Å². The van der Waals surface area contributed by atoms with Crippen LogP contribution in [0.1, 0.15) is 68.8 Å². The average molecular weight is 380 g/mol. The van der Waals surface area contributed by atoms with Crippen molar-refractivity contribution in [2.45, 2.75) is 64.5 Å². The van der Waals surface area contributed by atoms with E-state index >= 15 is 0 Å². The number of aryl methyl sites for hydroxylation is 1. The van der Waals surface area contributed by atoms with Gasteiger partial charge in [-0.05, 0) is 32.3 Å². The van der Waals surface area contributed by atoms with Gasteiger partial charge in [0.1, 0.15) is 5.52 Å². The van der Waals surface area contributed by atoms with Crippen LogP contribution in [0.15, 0.2) is 35.3 Å². The van der Waals surface area contributed by atoms with Crippen LogP contribution in [-0.4, -0.2) is 21.1 Å². The van der Waals surface area contributed by atoms with E-state index in [0.717, 1.165) is 48.4 Å². The average Bonchev–Trinajstić information content (AvgIpc) is 3.02. The molecule has 0 aliphatic heterocycles. The molecule has 2 heterocycles. The minimum atomic E-state index is -0.0970. The molecule has 1 N–H and O–H groups in total. The third-order valence-electron chi connectivity index (χ3n) is 6.28. The minimum absolute atomic E-state index is 0.0145. The van der Waals surface area contributed by atoms with Gasteiger partial charge in [-0.3, -0.25) is 9.59 Å². The summed E-state index contributed by atoms with van der Waals surface area (Å²) in [5.74, 6) is -0.0970. The van der Waals surface area contributed by atoms with Crippen molar-refractivity contribution in [1.82, 2.24) is 14.5 Å². The van der Waals surface area contributed by atoms with Gasteiger partial charge in [0.2, 0.25) is 0 Å². The van der Waals surface area contributed by atoms with Gasteiger partial charge in [0, 0.05) is 41.6 Å². The zero-order chi connectivity index (χ0) is 19.8. The van der Waals surface area contributed by atoms with Crippen molar-refractivity contribution >= 4 is 27.7 Å². The largest absolute Gasteiger partial charge is 0.350 e. The fourth-order valence-electron chi connectivity index (χ4n) is 4.51. The summed E-state index contributed by atoms with van der Waals surface area (Å²) in [7, 11) is 1.92. The van der Waals surface area contributed by atoms with Gasteiger partial charge in [-0.1, -0.05) is 44.4 Å². The Morgan fingerprint density at radius 2 is 1.93 bits per heavy atom. The van der Waals surface area contributed by atoms with Gasteiger partial charge in [-0.15, -0.1) is 0 Å². The molecule has 5 nitrogen and oxygen atoms in total. The zero-order valence-electron chi connectivity index (χ0n) is 17.0. The molecule has 1 amide bonds. The second-order valence-electron chi connectivity index (χ2n) is 8.13. The third kappa shape index (κ3) is 3.03. The van der Waals surface area contributed by atoms with Crippen molar-refractivity contribution in [2.24, 2.45) is 7.05 Å². The molecule has 1 saturated carbocycles. The molecule has 0 spiro atoms. The fourth-order valence-corrected chi connectivity index (χ4v) is 4.51. The van der Waals surface area contributed by atoms with Gasteiger partial charge in [0.05, 0.1) is 5.56 Å². The fraction of sp³-hybridized carbons (Fsp3) is 0.478. The Labute approximate surface area is 165 Å². The molecule has 4 rings (SSSR count). The Morgan fingerprint density at radius 1 is 1.21 bits per heavy atom. The van der Waals surface area contributed by atoms with Crippen molar-refractivity contribution in [3.63, 3.8) is 0 Å². The first kappa shape index (κ1) is 18.8. The monoisotopic (exact) mass is 379 g/mol. The van der Waals surface area contributed by atoms with Gasteiger partial charge in [-0.2, -0.15) is 0 Å². The first-order valence-corrected chi connectivity index (χ1v) is 10.5. The Hall–Kier alpha value is -2.56. The van der Waals surface area contributed by atoms with E-state index in [1.165, 1.54) is 6.42 Å². The lowest BCUT2D eigenvalue weighted by Crippen LogP contribution is -2.34. The predicted octanol–water partition coefficient (Wildman–Crippen LogP) is 4.53. The molecule has 0 bridgehead atoms. The molecule has 148 valence electrons. The lowest BCUT2D eigenvalue weighted by Gasteiger charge is -2.25. The molecule has 3 aromatic rings. The molecule has 0 saturated heterocycles. The molecule has 1 atom stereocenters. The van der Waals surface area contributed by atoms with Gasteiger partial charge in [0.25, 0.3) is 11.5 Å². The predicted molar refractivity (Wildman–Crippen MR) is 114 cm³/mol. The topological polar surface area (TPSA) is 56.0 Å². The van der Waals surface area contributed by atoms with E-state index in [2.05, 4.69) is 12.2 Å². The first-order chi connectivity index (χ1) is 13.5. The van der Waals surface area contributed by atoms with E-state index in [4.69, 9.17) is 0 Å². The molecule has 1 aliphatic carbocycles. The Morgan fingerprint density at radius 3 is 2.64 bits per heavy atom. The van der Waals surface area contributed by atoms with Crippen molar-refractivity contribution in [3.8, 4) is 0 Å². The van der Waals surface area contributed by atoms with Gasteiger partial charge >= 0.3 is 0 Å². The summed E-state index contributed by atoms with van der Waals surface area (Å²) in [5.41, 5.74) is 2.23.